The number of nitrogens with zero attached hydrogens (tertiary/aromatic N) is 2. The highest BCUT2D eigenvalue weighted by Gasteiger charge is 2.37. The van der Waals surface area contributed by atoms with Crippen LogP contribution in [-0.4, -0.2) is 36.8 Å². The highest BCUT2D eigenvalue weighted by atomic mass is 16.5. The average Bonchev–Trinajstić information content (AvgIpc) is 2.53. The second-order valence-electron chi connectivity index (χ2n) is 5.16. The van der Waals surface area contributed by atoms with Crippen LogP contribution in [0, 0.1) is 0 Å². The third-order valence-corrected chi connectivity index (χ3v) is 3.80. The Morgan fingerprint density at radius 2 is 2.05 bits per heavy atom. The van der Waals surface area contributed by atoms with Crippen LogP contribution in [0.1, 0.15) is 44.6 Å². The van der Waals surface area contributed by atoms with Crippen LogP contribution in [0.15, 0.2) is 6.07 Å². The van der Waals surface area contributed by atoms with Crippen molar-refractivity contribution in [1.29, 1.82) is 0 Å². The van der Waals surface area contributed by atoms with Crippen molar-refractivity contribution in [3.05, 3.63) is 17.6 Å². The quantitative estimate of drug-likeness (QED) is 0.867. The van der Waals surface area contributed by atoms with Gasteiger partial charge in [0.25, 0.3) is 0 Å². The summed E-state index contributed by atoms with van der Waals surface area (Å²) in [6.45, 7) is 6.57. The lowest BCUT2D eigenvalue weighted by Crippen LogP contribution is -2.37. The van der Waals surface area contributed by atoms with Gasteiger partial charge in [-0.2, -0.15) is 0 Å². The van der Waals surface area contributed by atoms with Crippen LogP contribution >= 0.6 is 0 Å². The number of rotatable bonds is 6. The predicted octanol–water partition coefficient (Wildman–Crippen LogP) is 2.51. The Balaban J connectivity index is 2.32. The van der Waals surface area contributed by atoms with Gasteiger partial charge in [0.1, 0.15) is 11.4 Å². The van der Waals surface area contributed by atoms with E-state index in [0.717, 1.165) is 49.6 Å². The summed E-state index contributed by atoms with van der Waals surface area (Å²) in [5.41, 5.74) is 0.656. The van der Waals surface area contributed by atoms with Crippen LogP contribution in [0.25, 0.3) is 0 Å². The fraction of sp³-hybridized carbons (Fsp3) is 0.733. The van der Waals surface area contributed by atoms with Crippen LogP contribution in [0.2, 0.25) is 0 Å². The minimum Gasteiger partial charge on any atom is -0.381 e. The number of nitrogens with one attached hydrogen (secondary N) is 1. The fourth-order valence-electron chi connectivity index (χ4n) is 2.45. The lowest BCUT2D eigenvalue weighted by molar-refractivity contribution is -0.1000. The zero-order valence-corrected chi connectivity index (χ0v) is 12.7. The van der Waals surface area contributed by atoms with Crippen LogP contribution < -0.4 is 5.32 Å². The van der Waals surface area contributed by atoms with Gasteiger partial charge in [0, 0.05) is 51.5 Å². The summed E-state index contributed by atoms with van der Waals surface area (Å²) in [5, 5.41) is 3.35. The van der Waals surface area contributed by atoms with Gasteiger partial charge >= 0.3 is 0 Å². The van der Waals surface area contributed by atoms with Crippen LogP contribution in [-0.2, 0) is 21.5 Å². The van der Waals surface area contributed by atoms with E-state index < -0.39 is 5.60 Å². The second-order valence-corrected chi connectivity index (χ2v) is 5.16. The van der Waals surface area contributed by atoms with E-state index in [9.17, 15) is 0 Å². The van der Waals surface area contributed by atoms with Crippen molar-refractivity contribution in [2.75, 3.05) is 32.2 Å². The Hall–Kier alpha value is -1.20. The van der Waals surface area contributed by atoms with Crippen molar-refractivity contribution < 1.29 is 9.47 Å². The van der Waals surface area contributed by atoms with Crippen molar-refractivity contribution in [2.45, 2.75) is 45.1 Å². The first-order valence-corrected chi connectivity index (χ1v) is 7.49. The monoisotopic (exact) mass is 279 g/mol. The molecule has 0 atom stereocenters. The van der Waals surface area contributed by atoms with Crippen LogP contribution in [0.3, 0.4) is 0 Å². The summed E-state index contributed by atoms with van der Waals surface area (Å²) in [4.78, 5) is 9.38. The molecule has 0 aliphatic carbocycles. The van der Waals surface area contributed by atoms with Gasteiger partial charge in [0.2, 0.25) is 0 Å². The molecule has 112 valence electrons. The lowest BCUT2D eigenvalue weighted by Gasteiger charge is -2.34. The summed E-state index contributed by atoms with van der Waals surface area (Å²) in [6, 6.07) is 2.03. The normalized spacial score (nSPS) is 17.9. The van der Waals surface area contributed by atoms with Crippen molar-refractivity contribution >= 4 is 5.82 Å². The molecular formula is C15H25N3O2. The van der Waals surface area contributed by atoms with E-state index in [1.165, 1.54) is 0 Å². The molecule has 0 aromatic carbocycles. The Bertz CT molecular complexity index is 431. The molecule has 1 N–H and O–H groups in total. The van der Waals surface area contributed by atoms with Crippen molar-refractivity contribution in [2.24, 2.45) is 0 Å². The maximum absolute atomic E-state index is 5.79. The Morgan fingerprint density at radius 3 is 2.65 bits per heavy atom. The number of anilines is 1. The molecule has 1 aliphatic heterocycles. The smallest absolute Gasteiger partial charge is 0.163 e. The largest absolute Gasteiger partial charge is 0.381 e. The van der Waals surface area contributed by atoms with Crippen molar-refractivity contribution in [1.82, 2.24) is 9.97 Å². The standard InChI is InChI=1S/C15H25N3O2/c1-4-8-16-13-11-12(5-2)17-14(18-13)15(19-3)6-9-20-10-7-15/h11H,4-10H2,1-3H3,(H,16,17,18). The molecule has 0 amide bonds. The number of aromatic nitrogens is 2. The Labute approximate surface area is 121 Å². The molecule has 2 rings (SSSR count). The summed E-state index contributed by atoms with van der Waals surface area (Å²) in [6.07, 6.45) is 3.59. The van der Waals surface area contributed by atoms with Gasteiger partial charge in [-0.05, 0) is 12.8 Å². The van der Waals surface area contributed by atoms with E-state index in [1.807, 2.05) is 6.07 Å². The number of hydrogen-bond acceptors (Lipinski definition) is 5. The first-order chi connectivity index (χ1) is 9.74. The first-order valence-electron chi connectivity index (χ1n) is 7.49. The van der Waals surface area contributed by atoms with Gasteiger partial charge in [0.05, 0.1) is 0 Å². The van der Waals surface area contributed by atoms with Crippen LogP contribution in [0.5, 0.6) is 0 Å². The molecule has 0 bridgehead atoms. The highest BCUT2D eigenvalue weighted by Crippen LogP contribution is 2.34. The SMILES string of the molecule is CCCNc1cc(CC)nc(C2(OC)CCOCC2)n1. The van der Waals surface area contributed by atoms with E-state index in [4.69, 9.17) is 14.5 Å². The second kappa shape index (κ2) is 6.99. The van der Waals surface area contributed by atoms with Crippen LogP contribution in [0.4, 0.5) is 5.82 Å². The summed E-state index contributed by atoms with van der Waals surface area (Å²) in [5.74, 6) is 1.69. The van der Waals surface area contributed by atoms with E-state index in [0.29, 0.717) is 13.2 Å². The van der Waals surface area contributed by atoms with Gasteiger partial charge < -0.3 is 14.8 Å². The predicted molar refractivity (Wildman–Crippen MR) is 78.9 cm³/mol. The molecule has 2 heterocycles. The molecule has 1 aliphatic rings. The first kappa shape index (κ1) is 15.2. The molecule has 1 aromatic rings. The van der Waals surface area contributed by atoms with Gasteiger partial charge in [0.15, 0.2) is 5.82 Å². The maximum Gasteiger partial charge on any atom is 0.163 e. The summed E-state index contributed by atoms with van der Waals surface area (Å²) < 4.78 is 11.2. The lowest BCUT2D eigenvalue weighted by atomic mass is 9.93. The number of aryl methyl sites for hydroxylation is 1. The molecule has 1 fully saturated rings. The van der Waals surface area contributed by atoms with Crippen molar-refractivity contribution in [3.63, 3.8) is 0 Å². The molecule has 1 aromatic heterocycles. The molecule has 5 nitrogen and oxygen atoms in total. The van der Waals surface area contributed by atoms with E-state index >= 15 is 0 Å². The fourth-order valence-corrected chi connectivity index (χ4v) is 2.45. The minimum absolute atomic E-state index is 0.397. The van der Waals surface area contributed by atoms with Gasteiger partial charge in [-0.3, -0.25) is 0 Å². The molecule has 1 saturated heterocycles. The molecule has 0 unspecified atom stereocenters. The summed E-state index contributed by atoms with van der Waals surface area (Å²) >= 11 is 0. The molecular weight excluding hydrogens is 254 g/mol. The zero-order chi connectivity index (χ0) is 14.4. The molecule has 0 saturated carbocycles. The minimum atomic E-state index is -0.397. The number of methoxy groups -OCH3 is 1. The van der Waals surface area contributed by atoms with E-state index in [2.05, 4.69) is 24.1 Å². The topological polar surface area (TPSA) is 56.3 Å². The molecule has 0 radical (unpaired) electrons. The Kier molecular flexibility index (Phi) is 5.31. The van der Waals surface area contributed by atoms with E-state index in [1.54, 1.807) is 7.11 Å². The van der Waals surface area contributed by atoms with Gasteiger partial charge in [-0.1, -0.05) is 13.8 Å². The molecule has 5 heteroatoms. The number of hydrogen-bond donors (Lipinski definition) is 1. The maximum atomic E-state index is 5.79. The van der Waals surface area contributed by atoms with Crippen molar-refractivity contribution in [3.8, 4) is 0 Å². The highest BCUT2D eigenvalue weighted by molar-refractivity contribution is 5.37. The van der Waals surface area contributed by atoms with Gasteiger partial charge in [-0.25, -0.2) is 9.97 Å². The summed E-state index contributed by atoms with van der Waals surface area (Å²) in [7, 11) is 1.74. The third kappa shape index (κ3) is 3.27. The third-order valence-electron chi connectivity index (χ3n) is 3.80. The van der Waals surface area contributed by atoms with Gasteiger partial charge in [-0.15, -0.1) is 0 Å². The average molecular weight is 279 g/mol. The Morgan fingerprint density at radius 1 is 1.30 bits per heavy atom. The zero-order valence-electron chi connectivity index (χ0n) is 12.7. The number of ether oxygens (including phenoxy) is 2. The molecule has 0 spiro atoms. The molecule has 20 heavy (non-hydrogen) atoms. The van der Waals surface area contributed by atoms with E-state index in [-0.39, 0.29) is 0 Å².